The van der Waals surface area contributed by atoms with Crippen LogP contribution >= 0.6 is 0 Å². The number of hydrogen-bond acceptors (Lipinski definition) is 25. The van der Waals surface area contributed by atoms with Crippen molar-refractivity contribution in [1.29, 1.82) is 0 Å². The summed E-state index contributed by atoms with van der Waals surface area (Å²) in [6.45, 7) is 25.3. The lowest BCUT2D eigenvalue weighted by Crippen LogP contribution is -2.36. The molecule has 9 fully saturated rings. The molecule has 4 saturated carbocycles. The van der Waals surface area contributed by atoms with Gasteiger partial charge in [-0.05, 0) is 280 Å². The van der Waals surface area contributed by atoms with E-state index in [1.165, 1.54) is 125 Å². The fourth-order valence-electron chi connectivity index (χ4n) is 18.4. The highest BCUT2D eigenvalue weighted by Gasteiger charge is 2.34. The number of ether oxygens (including phenoxy) is 4. The van der Waals surface area contributed by atoms with Crippen LogP contribution in [0, 0.1) is 58.3 Å². The molecule has 5 saturated heterocycles. The van der Waals surface area contributed by atoms with Gasteiger partial charge in [0.25, 0.3) is 0 Å². The minimum Gasteiger partial charge on any atom is -0.478 e. The smallest absolute Gasteiger partial charge is 0.338 e. The van der Waals surface area contributed by atoms with Gasteiger partial charge in [0.05, 0.1) is 116 Å². The first-order chi connectivity index (χ1) is 63.7. The highest BCUT2D eigenvalue weighted by atomic mass is 16.5. The van der Waals surface area contributed by atoms with Crippen LogP contribution in [0.15, 0.2) is 123 Å². The number of aldehydes is 1. The van der Waals surface area contributed by atoms with Crippen molar-refractivity contribution in [3.8, 4) is 0 Å². The molecule has 15 heterocycles. The van der Waals surface area contributed by atoms with Crippen molar-refractivity contribution in [3.05, 3.63) is 235 Å². The Hall–Kier alpha value is -11.4. The molecule has 31 heteroatoms. The quantitative estimate of drug-likeness (QED) is 0.0244. The predicted molar refractivity (Wildman–Crippen MR) is 496 cm³/mol. The Morgan fingerprint density at radius 3 is 0.893 bits per heavy atom. The molecule has 19 rings (SSSR count). The molecule has 10 aromatic rings. The third-order valence-corrected chi connectivity index (χ3v) is 27.2. The molecule has 9 aliphatic rings. The lowest BCUT2D eigenvalue weighted by Gasteiger charge is -2.32. The molecule has 4 aliphatic carbocycles. The monoisotopic (exact) mass is 1790 g/mol. The molecular formula is C100H132N20O11. The summed E-state index contributed by atoms with van der Waals surface area (Å²) in [5.74, 6) is 1.13. The van der Waals surface area contributed by atoms with E-state index in [0.717, 1.165) is 219 Å². The number of nitrogens with one attached hydrogen (secondary N) is 2. The zero-order valence-electron chi connectivity index (χ0n) is 77.9. The van der Waals surface area contributed by atoms with Crippen molar-refractivity contribution in [3.63, 3.8) is 0 Å². The van der Waals surface area contributed by atoms with Crippen molar-refractivity contribution in [2.24, 2.45) is 23.7 Å². The van der Waals surface area contributed by atoms with Crippen molar-refractivity contribution in [2.45, 2.75) is 213 Å². The van der Waals surface area contributed by atoms with Gasteiger partial charge in [-0.25, -0.2) is 24.0 Å². The number of aryl methyl sites for hydroxylation is 3. The summed E-state index contributed by atoms with van der Waals surface area (Å²) in [5, 5.41) is 39.6. The van der Waals surface area contributed by atoms with Crippen LogP contribution in [-0.2, 0) is 55.8 Å². The average molecular weight is 1790 g/mol. The number of likely N-dealkylation sites (tertiary alicyclic amines) is 3. The lowest BCUT2D eigenvalue weighted by molar-refractivity contribution is -0.108. The van der Waals surface area contributed by atoms with Gasteiger partial charge in [0.15, 0.2) is 0 Å². The number of methoxy groups -OCH3 is 4. The highest BCUT2D eigenvalue weighted by molar-refractivity contribution is 5.93. The maximum atomic E-state index is 12.0. The molecule has 10 aromatic heterocycles. The first-order valence-corrected chi connectivity index (χ1v) is 47.2. The maximum absolute atomic E-state index is 12.0. The van der Waals surface area contributed by atoms with E-state index in [2.05, 4.69) is 116 Å². The molecule has 5 aliphatic heterocycles. The van der Waals surface area contributed by atoms with Crippen LogP contribution in [0.1, 0.15) is 282 Å². The van der Waals surface area contributed by atoms with E-state index in [-0.39, 0.29) is 23.9 Å². The van der Waals surface area contributed by atoms with Crippen LogP contribution in [0.3, 0.4) is 0 Å². The maximum Gasteiger partial charge on any atom is 0.338 e. The van der Waals surface area contributed by atoms with E-state index in [1.807, 2.05) is 33.2 Å². The summed E-state index contributed by atoms with van der Waals surface area (Å²) in [6.07, 6.45) is 53.1. The zero-order valence-corrected chi connectivity index (χ0v) is 77.9. The van der Waals surface area contributed by atoms with E-state index in [0.29, 0.717) is 96.0 Å². The summed E-state index contributed by atoms with van der Waals surface area (Å²) in [5.41, 5.74) is 17.8. The van der Waals surface area contributed by atoms with Crippen LogP contribution < -0.4 is 10.6 Å². The molecule has 0 spiro atoms. The first kappa shape index (κ1) is 95.7. The first-order valence-electron chi connectivity index (χ1n) is 47.2. The third kappa shape index (κ3) is 26.7. The molecule has 0 amide bonds. The number of pyridine rings is 5. The fraction of sp³-hybridized carbons (Fsp3) is 0.540. The van der Waals surface area contributed by atoms with Gasteiger partial charge in [-0.1, -0.05) is 0 Å². The van der Waals surface area contributed by atoms with Crippen molar-refractivity contribution in [2.75, 3.05) is 114 Å². The van der Waals surface area contributed by atoms with E-state index in [4.69, 9.17) is 34.2 Å². The van der Waals surface area contributed by atoms with Gasteiger partial charge < -0.3 is 54.2 Å². The Morgan fingerprint density at radius 2 is 0.618 bits per heavy atom. The Balaban J connectivity index is 0.000000130. The van der Waals surface area contributed by atoms with Gasteiger partial charge in [0.2, 0.25) is 0 Å². The summed E-state index contributed by atoms with van der Waals surface area (Å²) in [4.78, 5) is 97.3. The molecule has 0 unspecified atom stereocenters. The molecule has 698 valence electrons. The van der Waals surface area contributed by atoms with Crippen LogP contribution in [0.2, 0.25) is 0 Å². The number of aromatic nitrogens is 15. The SMILES string of the molecule is COC(=O)c1ccncc1Cc1cn(C2CCN(CC3CC3)CC2)nc1C.COC(=O)c1ccncc1Cc1cn(C2CCNCC2)nc1C.COC(=O)c1ccncc1Cc1cnn(C2CCN(CC3CC3)CC2)c1C.COC(=O)c1ccncc1Cc1cnn(C2CCNCC2)c1C.Cc1nn(C2CCN(CC3CC3)CC2)cc1Cc1cnccc1C(=O)O.O=CC1CC1. The Morgan fingerprint density at radius 1 is 0.351 bits per heavy atom. The van der Waals surface area contributed by atoms with Crippen molar-refractivity contribution < 1.29 is 52.8 Å². The third-order valence-electron chi connectivity index (χ3n) is 27.2. The topological polar surface area (TPSA) is 347 Å². The van der Waals surface area contributed by atoms with Crippen LogP contribution in [-0.4, -0.2) is 243 Å². The number of rotatable bonds is 27. The average Bonchev–Trinajstić information content (AvgIpc) is 1.72. The standard InChI is InChI=1S/2C21H28N4O2.C20H26N4O2.2C17H22N4O2.C4H6O/c1-15-17(11-18-12-22-8-5-20(18)21(26)27-2)13-23-25(15)19-6-9-24(10-7-19)14-16-3-4-16;1-15-18(11-17-12-22-8-5-20(17)21(26)27-2)14-25(23-15)19-6-9-24(10-7-19)13-16-3-4-16;1-14-17(10-16-11-21-7-4-19(16)20(25)26)13-24(22-14)18-5-8-23(9-6-18)12-15-2-3-15;1-12-13(11-20-21(12)15-3-6-18-7-4-15)9-14-10-19-8-5-16(14)17(22)23-2;1-12-14(11-21(20-12)15-3-6-18-7-4-15)9-13-10-19-8-5-16(13)17(22)23-2;5-3-4-1-2-4/h5,8,12-13,16,19H,3-4,6-7,9-11,14H2,1-2H3;5,8,12,14,16,19H,3-4,6-7,9-11,13H2,1-2H3;4,7,11,13,15,18H,2-3,5-6,8-10,12H2,1H3,(H,25,26);2*5,8,10-11,15,18H,3-4,6-7,9H2,1-2H3;3-4H,1-2H2. The number of nitrogens with zero attached hydrogens (tertiary/aromatic N) is 18. The van der Waals surface area contributed by atoms with E-state index in [1.54, 1.807) is 86.1 Å². The summed E-state index contributed by atoms with van der Waals surface area (Å²) >= 11 is 0. The van der Waals surface area contributed by atoms with Gasteiger partial charge in [-0.3, -0.25) is 48.3 Å². The van der Waals surface area contributed by atoms with E-state index < -0.39 is 5.97 Å². The summed E-state index contributed by atoms with van der Waals surface area (Å²) in [7, 11) is 5.61. The van der Waals surface area contributed by atoms with Gasteiger partial charge >= 0.3 is 29.8 Å². The second-order valence-electron chi connectivity index (χ2n) is 36.7. The number of carboxylic acids is 1. The number of hydrogen-bond donors (Lipinski definition) is 3. The normalized spacial score (nSPS) is 17.7. The van der Waals surface area contributed by atoms with E-state index >= 15 is 0 Å². The number of carbonyl (C=O) groups is 6. The summed E-state index contributed by atoms with van der Waals surface area (Å²) < 4.78 is 30.1. The van der Waals surface area contributed by atoms with Crippen molar-refractivity contribution in [1.82, 2.24) is 99.2 Å². The molecule has 3 N–H and O–H groups in total. The molecule has 131 heavy (non-hydrogen) atoms. The minimum absolute atomic E-state index is 0.319. The second-order valence-corrected chi connectivity index (χ2v) is 36.7. The van der Waals surface area contributed by atoms with Crippen molar-refractivity contribution >= 4 is 36.1 Å². The lowest BCUT2D eigenvalue weighted by atomic mass is 10.0. The Labute approximate surface area is 769 Å². The van der Waals surface area contributed by atoms with Gasteiger partial charge in [-0.2, -0.15) is 25.5 Å². The molecule has 0 atom stereocenters. The predicted octanol–water partition coefficient (Wildman–Crippen LogP) is 13.3. The molecule has 0 aromatic carbocycles. The number of aromatic carboxylic acids is 1. The zero-order chi connectivity index (χ0) is 91.9. The number of carboxylic acid groups (broad SMARTS) is 1. The van der Waals surface area contributed by atoms with Crippen LogP contribution in [0.5, 0.6) is 0 Å². The number of carbonyl (C=O) groups excluding carboxylic acids is 5. The molecular weight excluding hydrogens is 1660 g/mol. The van der Waals surface area contributed by atoms with Gasteiger partial charge in [-0.15, -0.1) is 0 Å². The Bertz CT molecular complexity index is 5310. The Kier molecular flexibility index (Phi) is 34.1. The highest BCUT2D eigenvalue weighted by Crippen LogP contribution is 2.37. The molecule has 31 nitrogen and oxygen atoms in total. The minimum atomic E-state index is -0.907. The van der Waals surface area contributed by atoms with Crippen LogP contribution in [0.4, 0.5) is 0 Å². The van der Waals surface area contributed by atoms with E-state index in [9.17, 15) is 33.9 Å². The van der Waals surface area contributed by atoms with Crippen LogP contribution in [0.25, 0.3) is 0 Å². The largest absolute Gasteiger partial charge is 0.478 e. The number of piperidine rings is 5. The second kappa shape index (κ2) is 46.6. The molecule has 0 bridgehead atoms. The number of esters is 4. The van der Waals surface area contributed by atoms with Gasteiger partial charge in [0.1, 0.15) is 6.29 Å². The summed E-state index contributed by atoms with van der Waals surface area (Å²) in [6, 6.07) is 10.7. The molecule has 0 radical (unpaired) electrons. The van der Waals surface area contributed by atoms with Gasteiger partial charge in [0, 0.05) is 189 Å². The fourth-order valence-corrected chi connectivity index (χ4v) is 18.4.